The number of hydrogen-bond acceptors (Lipinski definition) is 3. The van der Waals surface area contributed by atoms with Crippen molar-refractivity contribution in [3.8, 4) is 0 Å². The number of aryl methyl sites for hydroxylation is 1. The highest BCUT2D eigenvalue weighted by molar-refractivity contribution is 9.13. The van der Waals surface area contributed by atoms with Crippen molar-refractivity contribution in [2.45, 2.75) is 20.8 Å². The molecule has 100 valence electrons. The molecule has 0 heterocycles. The summed E-state index contributed by atoms with van der Waals surface area (Å²) in [6.45, 7) is 6.28. The Hall–Kier alpha value is -0.410. The van der Waals surface area contributed by atoms with Crippen molar-refractivity contribution in [3.63, 3.8) is 0 Å². The van der Waals surface area contributed by atoms with Crippen molar-refractivity contribution in [1.29, 1.82) is 0 Å². The summed E-state index contributed by atoms with van der Waals surface area (Å²) >= 11 is 3.31. The lowest BCUT2D eigenvalue weighted by Gasteiger charge is -2.16. The summed E-state index contributed by atoms with van der Waals surface area (Å²) in [5, 5.41) is 0. The molecule has 1 rings (SSSR count). The molecule has 0 saturated heterocycles. The molecular weight excluding hydrogens is 315 g/mol. The highest BCUT2D eigenvalue weighted by Gasteiger charge is 2.27. The average Bonchev–Trinajstić information content (AvgIpc) is 2.32. The van der Waals surface area contributed by atoms with Crippen LogP contribution in [0.15, 0.2) is 28.5 Å². The largest absolute Gasteiger partial charge is 0.368 e. The zero-order valence-electron chi connectivity index (χ0n) is 10.9. The van der Waals surface area contributed by atoms with Crippen LogP contribution in [-0.4, -0.2) is 13.2 Å². The van der Waals surface area contributed by atoms with Crippen LogP contribution in [0, 0.1) is 6.92 Å². The minimum Gasteiger partial charge on any atom is -0.305 e. The minimum absolute atomic E-state index is 0.341. The fraction of sp³-hybridized carbons (Fsp3) is 0.385. The Balaban J connectivity index is 2.98. The maximum absolute atomic E-state index is 12.4. The molecule has 0 aliphatic rings. The zero-order valence-corrected chi connectivity index (χ0v) is 13.3. The van der Waals surface area contributed by atoms with Gasteiger partial charge in [-0.3, -0.25) is 4.57 Å². The van der Waals surface area contributed by atoms with E-state index in [-0.39, 0.29) is 0 Å². The highest BCUT2D eigenvalue weighted by atomic mass is 79.9. The molecular formula is C13H18BrO3P. The van der Waals surface area contributed by atoms with Gasteiger partial charge in [0.1, 0.15) is 4.22 Å². The first-order chi connectivity index (χ1) is 8.51. The third kappa shape index (κ3) is 4.36. The molecule has 0 amide bonds. The van der Waals surface area contributed by atoms with Gasteiger partial charge in [-0.1, -0.05) is 29.8 Å². The van der Waals surface area contributed by atoms with E-state index in [1.54, 1.807) is 19.9 Å². The van der Waals surface area contributed by atoms with E-state index in [9.17, 15) is 4.57 Å². The van der Waals surface area contributed by atoms with Crippen molar-refractivity contribution in [2.24, 2.45) is 0 Å². The molecule has 0 saturated carbocycles. The van der Waals surface area contributed by atoms with Gasteiger partial charge in [-0.2, -0.15) is 0 Å². The second-order valence-corrected chi connectivity index (χ2v) is 7.17. The van der Waals surface area contributed by atoms with Gasteiger partial charge in [-0.05, 0) is 48.3 Å². The van der Waals surface area contributed by atoms with Crippen LogP contribution in [-0.2, 0) is 13.6 Å². The third-order valence-corrected chi connectivity index (χ3v) is 5.60. The average molecular weight is 333 g/mol. The molecule has 5 heteroatoms. The fourth-order valence-corrected chi connectivity index (χ4v) is 3.57. The maximum Gasteiger partial charge on any atom is 0.368 e. The van der Waals surface area contributed by atoms with Crippen molar-refractivity contribution in [1.82, 2.24) is 0 Å². The van der Waals surface area contributed by atoms with E-state index < -0.39 is 7.60 Å². The van der Waals surface area contributed by atoms with Crippen LogP contribution in [0.1, 0.15) is 25.0 Å². The molecule has 0 aliphatic heterocycles. The Morgan fingerprint density at radius 3 is 2.17 bits per heavy atom. The molecule has 0 spiro atoms. The van der Waals surface area contributed by atoms with Crippen LogP contribution in [0.2, 0.25) is 0 Å². The van der Waals surface area contributed by atoms with Crippen LogP contribution >= 0.6 is 23.5 Å². The molecule has 3 nitrogen and oxygen atoms in total. The van der Waals surface area contributed by atoms with Crippen molar-refractivity contribution >= 4 is 29.6 Å². The van der Waals surface area contributed by atoms with Crippen LogP contribution in [0.3, 0.4) is 0 Å². The molecule has 0 unspecified atom stereocenters. The van der Waals surface area contributed by atoms with E-state index in [2.05, 4.69) is 15.9 Å². The quantitative estimate of drug-likeness (QED) is 0.691. The molecule has 0 aromatic heterocycles. The summed E-state index contributed by atoms with van der Waals surface area (Å²) in [7, 11) is -3.21. The molecule has 0 atom stereocenters. The number of hydrogen-bond donors (Lipinski definition) is 0. The number of benzene rings is 1. The summed E-state index contributed by atoms with van der Waals surface area (Å²) in [4.78, 5) is 0. The van der Waals surface area contributed by atoms with Crippen LogP contribution in [0.5, 0.6) is 0 Å². The minimum atomic E-state index is -3.21. The molecule has 0 radical (unpaired) electrons. The first-order valence-electron chi connectivity index (χ1n) is 5.85. The summed E-state index contributed by atoms with van der Waals surface area (Å²) < 4.78 is 23.4. The molecule has 0 bridgehead atoms. The van der Waals surface area contributed by atoms with E-state index in [0.717, 1.165) is 5.56 Å². The monoisotopic (exact) mass is 332 g/mol. The van der Waals surface area contributed by atoms with E-state index in [1.807, 2.05) is 31.2 Å². The van der Waals surface area contributed by atoms with E-state index in [4.69, 9.17) is 9.05 Å². The summed E-state index contributed by atoms with van der Waals surface area (Å²) in [6, 6.07) is 7.91. The summed E-state index contributed by atoms with van der Waals surface area (Å²) in [6.07, 6.45) is 1.77. The van der Waals surface area contributed by atoms with Crippen LogP contribution < -0.4 is 0 Å². The topological polar surface area (TPSA) is 35.5 Å². The fourth-order valence-electron chi connectivity index (χ4n) is 1.38. The molecule has 0 N–H and O–H groups in total. The summed E-state index contributed by atoms with van der Waals surface area (Å²) in [5.41, 5.74) is 2.13. The molecule has 0 aliphatic carbocycles. The van der Waals surface area contributed by atoms with Crippen molar-refractivity contribution < 1.29 is 13.6 Å². The molecule has 1 aromatic carbocycles. The van der Waals surface area contributed by atoms with E-state index in [1.165, 1.54) is 5.56 Å². The van der Waals surface area contributed by atoms with Crippen molar-refractivity contribution in [3.05, 3.63) is 39.6 Å². The van der Waals surface area contributed by atoms with Gasteiger partial charge < -0.3 is 9.05 Å². The molecule has 0 fully saturated rings. The van der Waals surface area contributed by atoms with Crippen LogP contribution in [0.25, 0.3) is 6.08 Å². The first-order valence-corrected chi connectivity index (χ1v) is 8.19. The van der Waals surface area contributed by atoms with Crippen molar-refractivity contribution in [2.75, 3.05) is 13.2 Å². The van der Waals surface area contributed by atoms with Gasteiger partial charge in [0.05, 0.1) is 13.2 Å². The van der Waals surface area contributed by atoms with Gasteiger partial charge in [0.2, 0.25) is 0 Å². The highest BCUT2D eigenvalue weighted by Crippen LogP contribution is 2.59. The van der Waals surface area contributed by atoms with Gasteiger partial charge in [-0.25, -0.2) is 0 Å². The lowest BCUT2D eigenvalue weighted by Crippen LogP contribution is -1.95. The van der Waals surface area contributed by atoms with E-state index in [0.29, 0.717) is 17.4 Å². The smallest absolute Gasteiger partial charge is 0.305 e. The normalized spacial score (nSPS) is 12.8. The Labute approximate surface area is 117 Å². The lowest BCUT2D eigenvalue weighted by molar-refractivity contribution is 0.228. The number of halogens is 1. The Kier molecular flexibility index (Phi) is 6.30. The Morgan fingerprint density at radius 1 is 1.22 bits per heavy atom. The predicted octanol–water partition coefficient (Wildman–Crippen LogP) is 4.95. The summed E-state index contributed by atoms with van der Waals surface area (Å²) in [5.74, 6) is 0. The standard InChI is InChI=1S/C13H18BrO3P/c1-4-16-18(15,17-5-2)13(14)10-12-8-6-11(3)7-9-12/h6-10H,4-5H2,1-3H3/b13-10+. The first kappa shape index (κ1) is 15.6. The van der Waals surface area contributed by atoms with Gasteiger partial charge >= 0.3 is 7.60 Å². The second-order valence-electron chi connectivity index (χ2n) is 3.71. The van der Waals surface area contributed by atoms with Gasteiger partial charge in [0.25, 0.3) is 0 Å². The SMILES string of the molecule is CCOP(=O)(OCC)/C(Br)=C/c1ccc(C)cc1. The van der Waals surface area contributed by atoms with Gasteiger partial charge in [0, 0.05) is 0 Å². The second kappa shape index (κ2) is 7.25. The zero-order chi connectivity index (χ0) is 13.6. The van der Waals surface area contributed by atoms with Crippen LogP contribution in [0.4, 0.5) is 0 Å². The van der Waals surface area contributed by atoms with Gasteiger partial charge in [0.15, 0.2) is 0 Å². The van der Waals surface area contributed by atoms with Gasteiger partial charge in [-0.15, -0.1) is 0 Å². The molecule has 1 aromatic rings. The Morgan fingerprint density at radius 2 is 1.72 bits per heavy atom. The maximum atomic E-state index is 12.4. The predicted molar refractivity (Wildman–Crippen MR) is 78.9 cm³/mol. The van der Waals surface area contributed by atoms with E-state index >= 15 is 0 Å². The Bertz CT molecular complexity index is 444. The number of rotatable bonds is 6. The lowest BCUT2D eigenvalue weighted by atomic mass is 10.2. The molecule has 18 heavy (non-hydrogen) atoms. The third-order valence-electron chi connectivity index (χ3n) is 2.22.